The van der Waals surface area contributed by atoms with E-state index in [-0.39, 0.29) is 36.6 Å². The smallest absolute Gasteiger partial charge is 0.411 e. The van der Waals surface area contributed by atoms with Crippen molar-refractivity contribution in [2.45, 2.75) is 116 Å². The molecule has 3 atom stereocenters. The van der Waals surface area contributed by atoms with Gasteiger partial charge in [0.25, 0.3) is 0 Å². The highest BCUT2D eigenvalue weighted by Gasteiger charge is 2.38. The van der Waals surface area contributed by atoms with Gasteiger partial charge < -0.3 is 24.3 Å². The molecular weight excluding hydrogens is 668 g/mol. The summed E-state index contributed by atoms with van der Waals surface area (Å²) in [5.41, 5.74) is 3.47. The molecule has 0 spiro atoms. The molecule has 280 valence electrons. The third-order valence-electron chi connectivity index (χ3n) is 9.39. The van der Waals surface area contributed by atoms with E-state index in [9.17, 15) is 28.8 Å². The number of esters is 2. The number of hydrogen-bond acceptors (Lipinski definition) is 10. The van der Waals surface area contributed by atoms with Gasteiger partial charge in [0, 0.05) is 30.1 Å². The molecule has 1 N–H and O–H groups in total. The van der Waals surface area contributed by atoms with Gasteiger partial charge in [0.15, 0.2) is 24.8 Å². The minimum atomic E-state index is -0.784. The van der Waals surface area contributed by atoms with Crippen molar-refractivity contribution in [1.82, 2.24) is 10.2 Å². The Balaban J connectivity index is 1.10. The Morgan fingerprint density at radius 1 is 0.750 bits per heavy atom. The molecule has 5 rings (SSSR count). The predicted molar refractivity (Wildman–Crippen MR) is 191 cm³/mol. The summed E-state index contributed by atoms with van der Waals surface area (Å²) >= 11 is 0. The molecule has 1 saturated carbocycles. The minimum absolute atomic E-state index is 0.0610. The molecule has 2 aromatic rings. The summed E-state index contributed by atoms with van der Waals surface area (Å²) in [6.07, 6.45) is 3.69. The number of ketones is 2. The third-order valence-corrected chi connectivity index (χ3v) is 9.39. The maximum Gasteiger partial charge on any atom is 0.411 e. The number of nitrogens with zero attached hydrogens (tertiary/aromatic N) is 1. The molecule has 0 bridgehead atoms. The van der Waals surface area contributed by atoms with Crippen molar-refractivity contribution in [1.29, 1.82) is 0 Å². The van der Waals surface area contributed by atoms with Crippen molar-refractivity contribution in [2.75, 3.05) is 19.8 Å². The molecule has 12 nitrogen and oxygen atoms in total. The van der Waals surface area contributed by atoms with Gasteiger partial charge in [-0.1, -0.05) is 24.3 Å². The van der Waals surface area contributed by atoms with E-state index in [0.717, 1.165) is 35.1 Å². The highest BCUT2D eigenvalue weighted by molar-refractivity contribution is 6.00. The van der Waals surface area contributed by atoms with Crippen LogP contribution in [-0.2, 0) is 41.4 Å². The fourth-order valence-electron chi connectivity index (χ4n) is 7.00. The number of amides is 2. The van der Waals surface area contributed by atoms with Crippen LogP contribution in [0, 0.1) is 5.92 Å². The number of fused-ring (bicyclic) bond motifs is 3. The van der Waals surface area contributed by atoms with Crippen molar-refractivity contribution in [2.24, 2.45) is 5.92 Å². The lowest BCUT2D eigenvalue weighted by Gasteiger charge is -2.27. The predicted octanol–water partition coefficient (Wildman–Crippen LogP) is 6.39. The first-order chi connectivity index (χ1) is 24.5. The zero-order valence-corrected chi connectivity index (χ0v) is 31.0. The van der Waals surface area contributed by atoms with Crippen molar-refractivity contribution in [3.05, 3.63) is 58.7 Å². The Hall–Kier alpha value is -4.74. The van der Waals surface area contributed by atoms with Gasteiger partial charge >= 0.3 is 24.1 Å². The molecule has 12 heteroatoms. The number of carbonyl (C=O) groups excluding carboxylic acids is 6. The van der Waals surface area contributed by atoms with Crippen LogP contribution in [0.2, 0.25) is 0 Å². The van der Waals surface area contributed by atoms with E-state index in [2.05, 4.69) is 5.32 Å². The highest BCUT2D eigenvalue weighted by Crippen LogP contribution is 2.35. The molecule has 1 aliphatic heterocycles. The molecular formula is C40H50N2O10. The number of Topliss-reactive ketones (excluding diaryl/α,β-unsaturated/α-hetero) is 2. The Morgan fingerprint density at radius 3 is 1.90 bits per heavy atom. The zero-order chi connectivity index (χ0) is 37.8. The summed E-state index contributed by atoms with van der Waals surface area (Å²) in [5.74, 6) is -1.64. The van der Waals surface area contributed by atoms with Crippen LogP contribution in [0.1, 0.15) is 112 Å². The van der Waals surface area contributed by atoms with E-state index in [4.69, 9.17) is 18.9 Å². The van der Waals surface area contributed by atoms with Gasteiger partial charge in [-0.15, -0.1) is 0 Å². The summed E-state index contributed by atoms with van der Waals surface area (Å²) < 4.78 is 21.4. The molecule has 52 heavy (non-hydrogen) atoms. The zero-order valence-electron chi connectivity index (χ0n) is 31.0. The van der Waals surface area contributed by atoms with Crippen molar-refractivity contribution < 1.29 is 47.7 Å². The van der Waals surface area contributed by atoms with E-state index in [1.54, 1.807) is 53.7 Å². The molecule has 0 aromatic heterocycles. The monoisotopic (exact) mass is 718 g/mol. The minimum Gasteiger partial charge on any atom is -0.457 e. The first-order valence-electron chi connectivity index (χ1n) is 18.1. The quantitative estimate of drug-likeness (QED) is 0.166. The van der Waals surface area contributed by atoms with Gasteiger partial charge in [-0.2, -0.15) is 0 Å². The summed E-state index contributed by atoms with van der Waals surface area (Å²) in [5, 5.41) is 2.86. The topological polar surface area (TPSA) is 155 Å². The second-order valence-electron chi connectivity index (χ2n) is 15.9. The van der Waals surface area contributed by atoms with Crippen LogP contribution in [0.15, 0.2) is 36.4 Å². The molecule has 2 amide bonds. The standard InChI is InChI=1S/C40H50N2O10/c1-39(2,3)51-37(47)41-29-14-9-24(18-29)19-35(45)49-22-33(43)27-12-15-30-25(20-27)10-11-26-21-28(13-16-31(26)30)34(44)23-50-36(46)32-8-7-17-42(32)38(48)52-40(4,5)6/h12-13,15-16,20-21,24,29,32H,7-11,14,17-19,22-23H2,1-6H3,(H,41,47)/t24-,29+,32-/m0/s1. The first-order valence-corrected chi connectivity index (χ1v) is 18.1. The Bertz CT molecular complexity index is 1720. The van der Waals surface area contributed by atoms with Gasteiger partial charge in [0.1, 0.15) is 17.2 Å². The number of alkyl carbamates (subject to hydrolysis) is 1. The number of benzene rings is 2. The summed E-state index contributed by atoms with van der Waals surface area (Å²) in [6.45, 7) is 10.3. The van der Waals surface area contributed by atoms with Gasteiger partial charge in [-0.3, -0.25) is 19.3 Å². The number of aryl methyl sites for hydroxylation is 2. The number of nitrogens with one attached hydrogen (secondary N) is 1. The molecule has 1 saturated heterocycles. The SMILES string of the molecule is CC(C)(C)OC(=O)N[C@@H]1CC[C@H](CC(=O)OCC(=O)c2ccc3c(c2)CCc2cc(C(=O)COC(=O)[C@@H]4CCCN4C(=O)OC(C)(C)C)ccc2-3)C1. The summed E-state index contributed by atoms with van der Waals surface area (Å²) in [4.78, 5) is 77.4. The maximum atomic E-state index is 13.0. The lowest BCUT2D eigenvalue weighted by atomic mass is 9.83. The van der Waals surface area contributed by atoms with Crippen LogP contribution >= 0.6 is 0 Å². The fourth-order valence-corrected chi connectivity index (χ4v) is 7.00. The highest BCUT2D eigenvalue weighted by atomic mass is 16.6. The van der Waals surface area contributed by atoms with Gasteiger partial charge in [-0.25, -0.2) is 14.4 Å². The Morgan fingerprint density at radius 2 is 1.33 bits per heavy atom. The normalized spacial score (nSPS) is 19.6. The first kappa shape index (κ1) is 38.5. The van der Waals surface area contributed by atoms with E-state index in [0.29, 0.717) is 49.8 Å². The lowest BCUT2D eigenvalue weighted by molar-refractivity contribution is -0.147. The second kappa shape index (κ2) is 15.9. The lowest BCUT2D eigenvalue weighted by Crippen LogP contribution is -2.44. The molecule has 2 aliphatic carbocycles. The van der Waals surface area contributed by atoms with Crippen LogP contribution in [0.25, 0.3) is 11.1 Å². The summed E-state index contributed by atoms with van der Waals surface area (Å²) in [6, 6.07) is 9.96. The molecule has 2 fully saturated rings. The van der Waals surface area contributed by atoms with Crippen molar-refractivity contribution in [3.63, 3.8) is 0 Å². The van der Waals surface area contributed by atoms with Crippen LogP contribution in [-0.4, -0.2) is 83.6 Å². The van der Waals surface area contributed by atoms with E-state index >= 15 is 0 Å². The Labute approximate surface area is 304 Å². The number of rotatable bonds is 10. The average Bonchev–Trinajstić information content (AvgIpc) is 3.73. The number of hydrogen-bond donors (Lipinski definition) is 1. The Kier molecular flexibility index (Phi) is 11.8. The number of likely N-dealkylation sites (tertiary alicyclic amines) is 1. The number of carbonyl (C=O) groups is 6. The van der Waals surface area contributed by atoms with E-state index in [1.807, 2.05) is 24.3 Å². The fraction of sp³-hybridized carbons (Fsp3) is 0.550. The van der Waals surface area contributed by atoms with Crippen LogP contribution < -0.4 is 5.32 Å². The van der Waals surface area contributed by atoms with Crippen LogP contribution in [0.5, 0.6) is 0 Å². The summed E-state index contributed by atoms with van der Waals surface area (Å²) in [7, 11) is 0. The van der Waals surface area contributed by atoms with Crippen LogP contribution in [0.4, 0.5) is 9.59 Å². The molecule has 0 unspecified atom stereocenters. The molecule has 1 heterocycles. The van der Waals surface area contributed by atoms with Crippen molar-refractivity contribution >= 4 is 35.7 Å². The maximum absolute atomic E-state index is 13.0. The third kappa shape index (κ3) is 10.2. The van der Waals surface area contributed by atoms with Gasteiger partial charge in [0.2, 0.25) is 0 Å². The second-order valence-corrected chi connectivity index (χ2v) is 15.9. The number of ether oxygens (including phenoxy) is 4. The molecule has 2 aromatic carbocycles. The van der Waals surface area contributed by atoms with E-state index < -0.39 is 48.0 Å². The van der Waals surface area contributed by atoms with Crippen molar-refractivity contribution in [3.8, 4) is 11.1 Å². The average molecular weight is 719 g/mol. The van der Waals surface area contributed by atoms with E-state index in [1.165, 1.54) is 4.90 Å². The van der Waals surface area contributed by atoms with Gasteiger partial charge in [0.05, 0.1) is 0 Å². The van der Waals surface area contributed by atoms with Crippen LogP contribution in [0.3, 0.4) is 0 Å². The molecule has 0 radical (unpaired) electrons. The largest absolute Gasteiger partial charge is 0.457 e. The molecule has 3 aliphatic rings. The van der Waals surface area contributed by atoms with Gasteiger partial charge in [-0.05, 0) is 127 Å².